The third kappa shape index (κ3) is 2.97. The summed E-state index contributed by atoms with van der Waals surface area (Å²) in [7, 11) is -2.49. The van der Waals surface area contributed by atoms with Gasteiger partial charge >= 0.3 is 0 Å². The Balaban J connectivity index is 2.49. The first-order chi connectivity index (χ1) is 9.32. The van der Waals surface area contributed by atoms with Crippen LogP contribution < -0.4 is 4.31 Å². The molecule has 2 rings (SSSR count). The second-order valence-corrected chi connectivity index (χ2v) is 7.29. The molecular weight excluding hydrogens is 369 g/mol. The van der Waals surface area contributed by atoms with E-state index >= 15 is 0 Å². The summed E-state index contributed by atoms with van der Waals surface area (Å²) in [6.45, 7) is 0. The molecule has 0 amide bonds. The van der Waals surface area contributed by atoms with Crippen LogP contribution in [0.3, 0.4) is 0 Å². The van der Waals surface area contributed by atoms with Crippen LogP contribution in [-0.2, 0) is 10.0 Å². The summed E-state index contributed by atoms with van der Waals surface area (Å²) < 4.78 is 39.8. The lowest BCUT2D eigenvalue weighted by atomic mass is 10.3. The van der Waals surface area contributed by atoms with Crippen LogP contribution in [0.1, 0.15) is 0 Å². The molecule has 0 spiro atoms. The highest BCUT2D eigenvalue weighted by atomic mass is 79.9. The number of anilines is 1. The van der Waals surface area contributed by atoms with Crippen molar-refractivity contribution >= 4 is 43.2 Å². The SMILES string of the molecule is CN(c1cccc(F)c1)S(=O)(=O)c1ccc(Br)cc1Cl. The minimum atomic E-state index is -3.84. The molecule has 0 aromatic heterocycles. The van der Waals surface area contributed by atoms with E-state index in [1.807, 2.05) is 0 Å². The number of nitrogens with zero attached hydrogens (tertiary/aromatic N) is 1. The van der Waals surface area contributed by atoms with Crippen LogP contribution in [0.25, 0.3) is 0 Å². The molecule has 0 fully saturated rings. The maximum Gasteiger partial charge on any atom is 0.265 e. The van der Waals surface area contributed by atoms with Crippen LogP contribution in [0.5, 0.6) is 0 Å². The van der Waals surface area contributed by atoms with Gasteiger partial charge in [-0.1, -0.05) is 33.6 Å². The molecule has 0 saturated heterocycles. The fraction of sp³-hybridized carbons (Fsp3) is 0.0769. The zero-order valence-corrected chi connectivity index (χ0v) is 13.5. The summed E-state index contributed by atoms with van der Waals surface area (Å²) in [5.74, 6) is -0.508. The summed E-state index contributed by atoms with van der Waals surface area (Å²) in [5.41, 5.74) is 0.226. The Morgan fingerprint density at radius 1 is 1.20 bits per heavy atom. The fourth-order valence-corrected chi connectivity index (χ4v) is 3.84. The maximum atomic E-state index is 13.2. The minimum Gasteiger partial charge on any atom is -0.269 e. The van der Waals surface area contributed by atoms with Gasteiger partial charge in [-0.25, -0.2) is 12.8 Å². The quantitative estimate of drug-likeness (QED) is 0.807. The molecule has 2 aromatic rings. The van der Waals surface area contributed by atoms with E-state index in [9.17, 15) is 12.8 Å². The third-order valence-electron chi connectivity index (χ3n) is 2.70. The highest BCUT2D eigenvalue weighted by Crippen LogP contribution is 2.29. The van der Waals surface area contributed by atoms with Gasteiger partial charge in [0.1, 0.15) is 10.7 Å². The third-order valence-corrected chi connectivity index (χ3v) is 5.47. The normalized spacial score (nSPS) is 11.4. The van der Waals surface area contributed by atoms with E-state index in [0.717, 1.165) is 10.4 Å². The van der Waals surface area contributed by atoms with Gasteiger partial charge in [-0.3, -0.25) is 4.31 Å². The zero-order chi connectivity index (χ0) is 14.9. The van der Waals surface area contributed by atoms with Crippen LogP contribution in [-0.4, -0.2) is 15.5 Å². The Bertz CT molecular complexity index is 752. The summed E-state index contributed by atoms with van der Waals surface area (Å²) >= 11 is 9.18. The van der Waals surface area contributed by atoms with Crippen molar-refractivity contribution < 1.29 is 12.8 Å². The topological polar surface area (TPSA) is 37.4 Å². The Hall–Kier alpha value is -1.11. The van der Waals surface area contributed by atoms with E-state index in [0.29, 0.717) is 4.47 Å². The molecule has 106 valence electrons. The summed E-state index contributed by atoms with van der Waals surface area (Å²) in [6.07, 6.45) is 0. The smallest absolute Gasteiger partial charge is 0.265 e. The average molecular weight is 379 g/mol. The van der Waals surface area contributed by atoms with E-state index in [4.69, 9.17) is 11.6 Å². The fourth-order valence-electron chi connectivity index (χ4n) is 1.64. The van der Waals surface area contributed by atoms with Gasteiger partial charge < -0.3 is 0 Å². The van der Waals surface area contributed by atoms with Crippen LogP contribution in [0.15, 0.2) is 51.8 Å². The number of hydrogen-bond acceptors (Lipinski definition) is 2. The van der Waals surface area contributed by atoms with E-state index in [1.54, 1.807) is 6.07 Å². The second-order valence-electron chi connectivity index (χ2n) is 4.03. The second kappa shape index (κ2) is 5.71. The lowest BCUT2D eigenvalue weighted by Crippen LogP contribution is -2.26. The Labute approximate surface area is 130 Å². The molecular formula is C13H10BrClFNO2S. The Morgan fingerprint density at radius 3 is 2.50 bits per heavy atom. The van der Waals surface area contributed by atoms with Crippen molar-refractivity contribution in [3.05, 3.63) is 57.8 Å². The lowest BCUT2D eigenvalue weighted by Gasteiger charge is -2.20. The molecule has 0 atom stereocenters. The van der Waals surface area contributed by atoms with Gasteiger partial charge in [0.05, 0.1) is 10.7 Å². The van der Waals surface area contributed by atoms with Crippen molar-refractivity contribution in [3.63, 3.8) is 0 Å². The summed E-state index contributed by atoms with van der Waals surface area (Å²) in [6, 6.07) is 9.82. The first-order valence-electron chi connectivity index (χ1n) is 5.52. The van der Waals surface area contributed by atoms with Crippen molar-refractivity contribution in [1.82, 2.24) is 0 Å². The molecule has 2 aromatic carbocycles. The van der Waals surface area contributed by atoms with Crippen LogP contribution in [0.2, 0.25) is 5.02 Å². The number of halogens is 3. The molecule has 7 heteroatoms. The Kier molecular flexibility index (Phi) is 4.36. The predicted octanol–water partition coefficient (Wildman–Crippen LogP) is 4.07. The van der Waals surface area contributed by atoms with Crippen LogP contribution in [0, 0.1) is 5.82 Å². The van der Waals surface area contributed by atoms with Crippen LogP contribution >= 0.6 is 27.5 Å². The van der Waals surface area contributed by atoms with E-state index < -0.39 is 15.8 Å². The van der Waals surface area contributed by atoms with Crippen molar-refractivity contribution in [2.75, 3.05) is 11.4 Å². The first kappa shape index (κ1) is 15.3. The van der Waals surface area contributed by atoms with Crippen molar-refractivity contribution in [3.8, 4) is 0 Å². The van der Waals surface area contributed by atoms with Crippen LogP contribution in [0.4, 0.5) is 10.1 Å². The first-order valence-corrected chi connectivity index (χ1v) is 8.13. The number of hydrogen-bond donors (Lipinski definition) is 0. The molecule has 0 saturated carbocycles. The average Bonchev–Trinajstić information content (AvgIpc) is 2.37. The molecule has 0 N–H and O–H groups in total. The molecule has 0 aliphatic heterocycles. The largest absolute Gasteiger partial charge is 0.269 e. The maximum absolute atomic E-state index is 13.2. The van der Waals surface area contributed by atoms with Gasteiger partial charge in [0.2, 0.25) is 0 Å². The number of benzene rings is 2. The number of rotatable bonds is 3. The molecule has 0 aliphatic rings. The highest BCUT2D eigenvalue weighted by Gasteiger charge is 2.24. The van der Waals surface area contributed by atoms with E-state index in [1.165, 1.54) is 37.4 Å². The van der Waals surface area contributed by atoms with E-state index in [2.05, 4.69) is 15.9 Å². The zero-order valence-electron chi connectivity index (χ0n) is 10.3. The van der Waals surface area contributed by atoms with Gasteiger partial charge in [0.25, 0.3) is 10.0 Å². The highest BCUT2D eigenvalue weighted by molar-refractivity contribution is 9.10. The monoisotopic (exact) mass is 377 g/mol. The van der Waals surface area contributed by atoms with Gasteiger partial charge in [-0.15, -0.1) is 0 Å². The molecule has 0 heterocycles. The van der Waals surface area contributed by atoms with Crippen molar-refractivity contribution in [1.29, 1.82) is 0 Å². The predicted molar refractivity (Wildman–Crippen MR) is 81.1 cm³/mol. The molecule has 0 radical (unpaired) electrons. The van der Waals surface area contributed by atoms with Gasteiger partial charge in [0, 0.05) is 11.5 Å². The standard InChI is InChI=1S/C13H10BrClFNO2S/c1-17(11-4-2-3-10(16)8-11)20(18,19)13-6-5-9(14)7-12(13)15/h2-8H,1H3. The minimum absolute atomic E-state index is 0.0332. The molecule has 0 aliphatic carbocycles. The molecule has 0 bridgehead atoms. The molecule has 0 unspecified atom stereocenters. The summed E-state index contributed by atoms with van der Waals surface area (Å²) in [5, 5.41) is 0.0997. The molecule has 20 heavy (non-hydrogen) atoms. The Morgan fingerprint density at radius 2 is 1.90 bits per heavy atom. The van der Waals surface area contributed by atoms with Gasteiger partial charge in [-0.2, -0.15) is 0 Å². The van der Waals surface area contributed by atoms with Gasteiger partial charge in [0.15, 0.2) is 0 Å². The number of sulfonamides is 1. The van der Waals surface area contributed by atoms with Crippen molar-refractivity contribution in [2.24, 2.45) is 0 Å². The molecule has 3 nitrogen and oxygen atoms in total. The van der Waals surface area contributed by atoms with Crippen molar-refractivity contribution in [2.45, 2.75) is 4.90 Å². The van der Waals surface area contributed by atoms with E-state index in [-0.39, 0.29) is 15.6 Å². The van der Waals surface area contributed by atoms with Gasteiger partial charge in [-0.05, 0) is 36.4 Å². The summed E-state index contributed by atoms with van der Waals surface area (Å²) in [4.78, 5) is -0.0332. The lowest BCUT2D eigenvalue weighted by molar-refractivity contribution is 0.594.